The topological polar surface area (TPSA) is 105 Å². The number of carbonyl (C=O) groups is 1. The average Bonchev–Trinajstić information content (AvgIpc) is 2.85. The van der Waals surface area contributed by atoms with Crippen LogP contribution >= 0.6 is 15.9 Å². The lowest BCUT2D eigenvalue weighted by atomic mass is 10.3. The average molecular weight is 372 g/mol. The molecule has 2 aromatic heterocycles. The molecule has 0 atom stereocenters. The van der Waals surface area contributed by atoms with Gasteiger partial charge in [-0.3, -0.25) is 0 Å². The third-order valence-corrected chi connectivity index (χ3v) is 3.10. The summed E-state index contributed by atoms with van der Waals surface area (Å²) >= 11 is 3.19. The Labute approximate surface area is 132 Å². The molecule has 0 radical (unpaired) electrons. The predicted molar refractivity (Wildman–Crippen MR) is 78.0 cm³/mol. The van der Waals surface area contributed by atoms with Crippen LogP contribution in [-0.4, -0.2) is 32.0 Å². The van der Waals surface area contributed by atoms with Crippen LogP contribution in [0.15, 0.2) is 46.0 Å². The Morgan fingerprint density at radius 3 is 2.86 bits per heavy atom. The fraction of sp³-hybridized carbons (Fsp3) is 0.167. The minimum Gasteiger partial charge on any atom is -0.445 e. The van der Waals surface area contributed by atoms with Crippen LogP contribution < -0.4 is 11.4 Å². The normalized spacial score (nSPS) is 11.5. The number of hydrogen-bond donors (Lipinski definition) is 1. The second-order valence-electron chi connectivity index (χ2n) is 4.16. The summed E-state index contributed by atoms with van der Waals surface area (Å²) in [6.07, 6.45) is 1.99. The molecule has 2 aromatic rings. The van der Waals surface area contributed by atoms with Crippen LogP contribution in [0.1, 0.15) is 0 Å². The summed E-state index contributed by atoms with van der Waals surface area (Å²) in [5, 5.41) is 3.88. The largest absolute Gasteiger partial charge is 0.445 e. The van der Waals surface area contributed by atoms with Crippen molar-refractivity contribution >= 4 is 22.0 Å². The lowest BCUT2D eigenvalue weighted by Crippen LogP contribution is -2.26. The molecule has 0 aliphatic rings. The summed E-state index contributed by atoms with van der Waals surface area (Å²) in [5.74, 6) is 0. The van der Waals surface area contributed by atoms with Gasteiger partial charge in [0, 0.05) is 5.57 Å². The number of aromatic nitrogens is 4. The minimum atomic E-state index is -1.03. The van der Waals surface area contributed by atoms with Crippen molar-refractivity contribution in [3.63, 3.8) is 0 Å². The number of amides is 1. The Morgan fingerprint density at radius 1 is 1.50 bits per heavy atom. The summed E-state index contributed by atoms with van der Waals surface area (Å²) in [7, 11) is 0. The van der Waals surface area contributed by atoms with Crippen LogP contribution in [0.25, 0.3) is 5.69 Å². The van der Waals surface area contributed by atoms with Gasteiger partial charge in [-0.05, 0) is 28.1 Å². The van der Waals surface area contributed by atoms with E-state index in [-0.39, 0.29) is 25.1 Å². The molecule has 0 saturated heterocycles. The summed E-state index contributed by atoms with van der Waals surface area (Å²) in [6.45, 7) is -0.523. The van der Waals surface area contributed by atoms with Crippen molar-refractivity contribution in [1.29, 1.82) is 0 Å². The number of nitrogens with two attached hydrogens (primary N) is 1. The first-order valence-electron chi connectivity index (χ1n) is 5.98. The third kappa shape index (κ3) is 3.79. The van der Waals surface area contributed by atoms with Gasteiger partial charge >= 0.3 is 11.8 Å². The van der Waals surface area contributed by atoms with E-state index in [4.69, 9.17) is 5.73 Å². The van der Waals surface area contributed by atoms with Crippen molar-refractivity contribution in [3.05, 3.63) is 51.6 Å². The van der Waals surface area contributed by atoms with Gasteiger partial charge in [-0.2, -0.15) is 5.10 Å². The van der Waals surface area contributed by atoms with E-state index in [0.717, 1.165) is 4.68 Å². The molecule has 116 valence electrons. The molecule has 0 saturated carbocycles. The molecule has 2 rings (SSSR count). The maximum Gasteiger partial charge on any atom is 0.404 e. The molecular weight excluding hydrogens is 361 g/mol. The summed E-state index contributed by atoms with van der Waals surface area (Å²) < 4.78 is 20.1. The number of carbonyl (C=O) groups excluding carboxylic acids is 1. The van der Waals surface area contributed by atoms with Crippen LogP contribution in [0, 0.1) is 0 Å². The van der Waals surface area contributed by atoms with Crippen LogP contribution in [0.5, 0.6) is 0 Å². The van der Waals surface area contributed by atoms with E-state index in [1.54, 1.807) is 12.1 Å². The van der Waals surface area contributed by atoms with Gasteiger partial charge in [-0.25, -0.2) is 28.2 Å². The molecule has 8 nitrogen and oxygen atoms in total. The van der Waals surface area contributed by atoms with Gasteiger partial charge in [0.2, 0.25) is 0 Å². The van der Waals surface area contributed by atoms with Crippen LogP contribution in [0.3, 0.4) is 0 Å². The van der Waals surface area contributed by atoms with Crippen molar-refractivity contribution in [1.82, 2.24) is 19.3 Å². The summed E-state index contributed by atoms with van der Waals surface area (Å²) in [5.41, 5.74) is 4.87. The number of halogens is 2. The van der Waals surface area contributed by atoms with Gasteiger partial charge < -0.3 is 10.5 Å². The Balaban J connectivity index is 2.19. The SMILES string of the molecule is NC(=O)OCC(=CF)Cn1ncn(-c2ccc(Br)nc2)c1=O. The van der Waals surface area contributed by atoms with E-state index < -0.39 is 11.8 Å². The zero-order valence-electron chi connectivity index (χ0n) is 11.1. The Bertz CT molecular complexity index is 753. The lowest BCUT2D eigenvalue weighted by molar-refractivity contribution is 0.164. The van der Waals surface area contributed by atoms with Crippen molar-refractivity contribution in [2.75, 3.05) is 6.61 Å². The first-order chi connectivity index (χ1) is 10.5. The third-order valence-electron chi connectivity index (χ3n) is 2.63. The molecular formula is C12H11BrFN5O3. The Hall–Kier alpha value is -2.49. The van der Waals surface area contributed by atoms with Gasteiger partial charge in [-0.1, -0.05) is 0 Å². The standard InChI is InChI=1S/C12H11BrFN5O3/c13-10-2-1-9(4-16-10)18-7-17-19(12(18)21)5-8(3-14)6-22-11(15)20/h1-4,7H,5-6H2,(H2,15,20). The van der Waals surface area contributed by atoms with Crippen LogP contribution in [-0.2, 0) is 11.3 Å². The second kappa shape index (κ2) is 6.98. The quantitative estimate of drug-likeness (QED) is 0.793. The number of pyridine rings is 1. The van der Waals surface area contributed by atoms with E-state index in [2.05, 4.69) is 30.7 Å². The van der Waals surface area contributed by atoms with Gasteiger partial charge in [0.1, 0.15) is 17.5 Å². The molecule has 2 N–H and O–H groups in total. The van der Waals surface area contributed by atoms with Crippen LogP contribution in [0.4, 0.5) is 9.18 Å². The molecule has 0 aliphatic carbocycles. The predicted octanol–water partition coefficient (Wildman–Crippen LogP) is 1.14. The zero-order chi connectivity index (χ0) is 16.1. The van der Waals surface area contributed by atoms with E-state index in [1.807, 2.05) is 0 Å². The van der Waals surface area contributed by atoms with E-state index in [1.165, 1.54) is 17.1 Å². The van der Waals surface area contributed by atoms with Crippen molar-refractivity contribution in [2.45, 2.75) is 6.54 Å². The Kier molecular flexibility index (Phi) is 5.04. The molecule has 0 spiro atoms. The first-order valence-corrected chi connectivity index (χ1v) is 6.77. The minimum absolute atomic E-state index is 0.0417. The molecule has 0 unspecified atom stereocenters. The molecule has 1 amide bonds. The highest BCUT2D eigenvalue weighted by atomic mass is 79.9. The van der Waals surface area contributed by atoms with E-state index >= 15 is 0 Å². The fourth-order valence-corrected chi connectivity index (χ4v) is 1.84. The van der Waals surface area contributed by atoms with Gasteiger partial charge in [0.05, 0.1) is 24.8 Å². The number of ether oxygens (including phenoxy) is 1. The second-order valence-corrected chi connectivity index (χ2v) is 4.97. The van der Waals surface area contributed by atoms with Gasteiger partial charge in [0.15, 0.2) is 0 Å². The van der Waals surface area contributed by atoms with E-state index in [0.29, 0.717) is 10.3 Å². The molecule has 0 fully saturated rings. The maximum absolute atomic E-state index is 12.7. The van der Waals surface area contributed by atoms with Gasteiger partial charge in [-0.15, -0.1) is 0 Å². The monoisotopic (exact) mass is 371 g/mol. The molecule has 0 aromatic carbocycles. The fourth-order valence-electron chi connectivity index (χ4n) is 1.60. The van der Waals surface area contributed by atoms with Crippen molar-refractivity contribution < 1.29 is 13.9 Å². The number of hydrogen-bond acceptors (Lipinski definition) is 5. The summed E-state index contributed by atoms with van der Waals surface area (Å²) in [4.78, 5) is 26.7. The molecule has 2 heterocycles. The maximum atomic E-state index is 12.7. The number of nitrogens with zero attached hydrogens (tertiary/aromatic N) is 4. The molecule has 0 bridgehead atoms. The van der Waals surface area contributed by atoms with Gasteiger partial charge in [0.25, 0.3) is 0 Å². The smallest absolute Gasteiger partial charge is 0.404 e. The molecule has 10 heteroatoms. The zero-order valence-corrected chi connectivity index (χ0v) is 12.7. The van der Waals surface area contributed by atoms with Crippen LogP contribution in [0.2, 0.25) is 0 Å². The number of primary amides is 1. The highest BCUT2D eigenvalue weighted by Gasteiger charge is 2.10. The van der Waals surface area contributed by atoms with Crippen molar-refractivity contribution in [2.24, 2.45) is 5.73 Å². The van der Waals surface area contributed by atoms with Crippen molar-refractivity contribution in [3.8, 4) is 5.69 Å². The molecule has 22 heavy (non-hydrogen) atoms. The Morgan fingerprint density at radius 2 is 2.27 bits per heavy atom. The summed E-state index contributed by atoms with van der Waals surface area (Å²) in [6, 6.07) is 3.35. The highest BCUT2D eigenvalue weighted by molar-refractivity contribution is 9.10. The lowest BCUT2D eigenvalue weighted by Gasteiger charge is -2.05. The first kappa shape index (κ1) is 15.9. The highest BCUT2D eigenvalue weighted by Crippen LogP contribution is 2.08. The molecule has 0 aliphatic heterocycles. The number of rotatable bonds is 5. The van der Waals surface area contributed by atoms with E-state index in [9.17, 15) is 14.0 Å².